The number of benzene rings is 5. The van der Waals surface area contributed by atoms with Crippen molar-refractivity contribution in [3.05, 3.63) is 175 Å². The van der Waals surface area contributed by atoms with Crippen molar-refractivity contribution in [1.29, 1.82) is 0 Å². The molecule has 0 aliphatic carbocycles. The third-order valence-electron chi connectivity index (χ3n) is 11.1. The van der Waals surface area contributed by atoms with Crippen molar-refractivity contribution in [1.82, 2.24) is 19.5 Å². The summed E-state index contributed by atoms with van der Waals surface area (Å²) in [6.07, 6.45) is 0.153. The molecule has 339 valence electrons. The van der Waals surface area contributed by atoms with Gasteiger partial charge in [-0.05, 0) is 57.5 Å². The van der Waals surface area contributed by atoms with Gasteiger partial charge < -0.3 is 24.3 Å². The standard InChI is InChI=1S/C50H50N5O9SSi/c1-35-26-28-39(29-27-35)65(58,59)62-32-49(31-61-48(3,4)5)43(60-30-37-18-10-6-11-19-37)44(63-36(2)56)50(64-49,66(40-22-14-8-15-23-40)41-24-16-9-17-25-41)55-34-53-42-45(51-33-52-46(42)55)54-47(57)38-20-12-7-13-21-38/h6-29,33-34,43-44H,30-32H2,1-5H3,(H,51,52,54,57)/t43-,44+,49-,50-/m0/s1. The molecule has 8 rings (SSSR count). The van der Waals surface area contributed by atoms with Crippen LogP contribution in [-0.4, -0.2) is 85.2 Å². The maximum absolute atomic E-state index is 14.3. The molecule has 1 radical (unpaired) electrons. The molecule has 0 unspecified atom stereocenters. The zero-order chi connectivity index (χ0) is 46.5. The van der Waals surface area contributed by atoms with Crippen molar-refractivity contribution in [3.63, 3.8) is 0 Å². The fraction of sp³-hybridized carbons (Fsp3) is 0.260. The Balaban J connectivity index is 1.42. The lowest BCUT2D eigenvalue weighted by Gasteiger charge is -2.42. The molecular weight excluding hydrogens is 875 g/mol. The molecule has 1 aliphatic heterocycles. The number of hydrogen-bond donors (Lipinski definition) is 1. The van der Waals surface area contributed by atoms with Crippen molar-refractivity contribution in [2.75, 3.05) is 18.5 Å². The van der Waals surface area contributed by atoms with Crippen LogP contribution in [0.2, 0.25) is 0 Å². The lowest BCUT2D eigenvalue weighted by molar-refractivity contribution is -0.196. The average molecular weight is 925 g/mol. The molecule has 1 N–H and O–H groups in total. The summed E-state index contributed by atoms with van der Waals surface area (Å²) in [5.74, 6) is -0.975. The van der Waals surface area contributed by atoms with Crippen LogP contribution in [0.3, 0.4) is 0 Å². The molecule has 14 nitrogen and oxygen atoms in total. The van der Waals surface area contributed by atoms with E-state index in [1.54, 1.807) is 41.0 Å². The summed E-state index contributed by atoms with van der Waals surface area (Å²) in [5, 5.41) is 2.69. The molecule has 1 aliphatic rings. The van der Waals surface area contributed by atoms with E-state index in [0.29, 0.717) is 5.56 Å². The number of anilines is 1. The zero-order valence-electron chi connectivity index (χ0n) is 37.2. The molecule has 7 aromatic rings. The average Bonchev–Trinajstić information content (AvgIpc) is 3.87. The molecule has 3 heterocycles. The molecule has 1 saturated heterocycles. The number of carbonyl (C=O) groups excluding carboxylic acids is 2. The molecule has 4 atom stereocenters. The fourth-order valence-corrected chi connectivity index (χ4v) is 12.4. The second kappa shape index (κ2) is 19.2. The number of aromatic nitrogens is 4. The summed E-state index contributed by atoms with van der Waals surface area (Å²) >= 11 is 0. The number of carbonyl (C=O) groups is 2. The van der Waals surface area contributed by atoms with E-state index in [1.165, 1.54) is 31.7 Å². The first-order valence-electron chi connectivity index (χ1n) is 21.4. The first kappa shape index (κ1) is 46.1. The van der Waals surface area contributed by atoms with Gasteiger partial charge in [-0.15, -0.1) is 0 Å². The van der Waals surface area contributed by atoms with E-state index in [4.69, 9.17) is 33.1 Å². The first-order valence-corrected chi connectivity index (χ1v) is 24.3. The molecule has 0 saturated carbocycles. The van der Waals surface area contributed by atoms with E-state index in [1.807, 2.05) is 125 Å². The van der Waals surface area contributed by atoms with Crippen molar-refractivity contribution >= 4 is 58.1 Å². The third kappa shape index (κ3) is 9.74. The van der Waals surface area contributed by atoms with Crippen LogP contribution in [0.5, 0.6) is 0 Å². The van der Waals surface area contributed by atoms with Crippen molar-refractivity contribution < 1.29 is 41.1 Å². The topological polar surface area (TPSA) is 170 Å². The molecule has 1 amide bonds. The number of rotatable bonds is 16. The Morgan fingerprint density at radius 2 is 1.36 bits per heavy atom. The summed E-state index contributed by atoms with van der Waals surface area (Å²) in [6.45, 7) is 7.81. The van der Waals surface area contributed by atoms with Gasteiger partial charge in [0.2, 0.25) is 0 Å². The van der Waals surface area contributed by atoms with Crippen molar-refractivity contribution in [2.45, 2.75) is 74.9 Å². The number of ether oxygens (including phenoxy) is 4. The maximum atomic E-state index is 14.3. The van der Waals surface area contributed by atoms with Crippen molar-refractivity contribution in [3.8, 4) is 0 Å². The highest BCUT2D eigenvalue weighted by Crippen LogP contribution is 2.49. The zero-order valence-corrected chi connectivity index (χ0v) is 39.0. The second-order valence-corrected chi connectivity index (χ2v) is 21.2. The van der Waals surface area contributed by atoms with E-state index < -0.39 is 66.2 Å². The molecule has 2 aromatic heterocycles. The van der Waals surface area contributed by atoms with Crippen LogP contribution in [0, 0.1) is 6.92 Å². The molecule has 0 spiro atoms. The number of amides is 1. The normalized spacial score (nSPS) is 19.8. The van der Waals surface area contributed by atoms with Gasteiger partial charge in [0, 0.05) is 12.5 Å². The number of esters is 1. The molecule has 0 bridgehead atoms. The highest BCUT2D eigenvalue weighted by atomic mass is 32.2. The Morgan fingerprint density at radius 3 is 1.95 bits per heavy atom. The van der Waals surface area contributed by atoms with Gasteiger partial charge >= 0.3 is 5.97 Å². The minimum absolute atomic E-state index is 0.00798. The predicted molar refractivity (Wildman–Crippen MR) is 250 cm³/mol. The second-order valence-electron chi connectivity index (χ2n) is 17.0. The third-order valence-corrected chi connectivity index (χ3v) is 15.5. The SMILES string of the molecule is CC(=O)O[C@@H]1[C@H](OCc2ccccc2)[C@](COC(C)(C)C)(COS(=O)(=O)c2ccc(C)cc2)O[C@]1(n1cnc2c(NC(=O)c3ccccc3)ncnc21)[Si](c1ccccc1)c1ccccc1. The fourth-order valence-electron chi connectivity index (χ4n) is 8.01. The van der Waals surface area contributed by atoms with Gasteiger partial charge in [0.1, 0.15) is 24.6 Å². The minimum Gasteiger partial charge on any atom is -0.455 e. The maximum Gasteiger partial charge on any atom is 0.303 e. The first-order chi connectivity index (χ1) is 31.7. The monoisotopic (exact) mass is 924 g/mol. The Labute approximate surface area is 385 Å². The number of nitrogens with zero attached hydrogens (tertiary/aromatic N) is 4. The van der Waals surface area contributed by atoms with Gasteiger partial charge in [0.05, 0.1) is 30.0 Å². The Bertz CT molecular complexity index is 2850. The predicted octanol–water partition coefficient (Wildman–Crippen LogP) is 6.39. The Morgan fingerprint density at radius 1 is 0.773 bits per heavy atom. The van der Waals surface area contributed by atoms with E-state index in [0.717, 1.165) is 21.5 Å². The number of nitrogens with one attached hydrogen (secondary N) is 1. The summed E-state index contributed by atoms with van der Waals surface area (Å²) in [5.41, 5.74) is -0.192. The van der Waals surface area contributed by atoms with Gasteiger partial charge in [-0.3, -0.25) is 18.3 Å². The number of imidazole rings is 1. The molecular formula is C50H50N5O9SSi. The summed E-state index contributed by atoms with van der Waals surface area (Å²) in [4.78, 5) is 41.4. The van der Waals surface area contributed by atoms with Gasteiger partial charge in [0.15, 0.2) is 37.2 Å². The Hall–Kier alpha value is -6.40. The lowest BCUT2D eigenvalue weighted by atomic mass is 9.95. The summed E-state index contributed by atoms with van der Waals surface area (Å²) in [7, 11) is -6.98. The van der Waals surface area contributed by atoms with E-state index in [9.17, 15) is 18.0 Å². The van der Waals surface area contributed by atoms with Gasteiger partial charge in [-0.25, -0.2) is 15.0 Å². The van der Waals surface area contributed by atoms with Crippen LogP contribution in [0.4, 0.5) is 5.82 Å². The van der Waals surface area contributed by atoms with Crippen LogP contribution in [0.25, 0.3) is 11.2 Å². The van der Waals surface area contributed by atoms with E-state index in [-0.39, 0.29) is 35.1 Å². The lowest BCUT2D eigenvalue weighted by Crippen LogP contribution is -2.67. The van der Waals surface area contributed by atoms with Gasteiger partial charge in [-0.2, -0.15) is 8.42 Å². The van der Waals surface area contributed by atoms with Crippen LogP contribution in [0.15, 0.2) is 163 Å². The van der Waals surface area contributed by atoms with Crippen LogP contribution < -0.4 is 15.7 Å². The van der Waals surface area contributed by atoms with Gasteiger partial charge in [0.25, 0.3) is 16.0 Å². The largest absolute Gasteiger partial charge is 0.455 e. The molecule has 16 heteroatoms. The Kier molecular flexibility index (Phi) is 13.4. The quantitative estimate of drug-likeness (QED) is 0.0645. The number of hydrogen-bond acceptors (Lipinski definition) is 12. The number of fused-ring (bicyclic) bond motifs is 1. The van der Waals surface area contributed by atoms with Crippen LogP contribution >= 0.6 is 0 Å². The smallest absolute Gasteiger partial charge is 0.303 e. The van der Waals surface area contributed by atoms with E-state index >= 15 is 0 Å². The molecule has 66 heavy (non-hydrogen) atoms. The van der Waals surface area contributed by atoms with Gasteiger partial charge in [-0.1, -0.05) is 137 Å². The summed E-state index contributed by atoms with van der Waals surface area (Å²) in [6, 6.07) is 43.8. The number of aryl methyl sites for hydroxylation is 1. The minimum atomic E-state index is -4.45. The highest BCUT2D eigenvalue weighted by molar-refractivity contribution is 7.86. The van der Waals surface area contributed by atoms with Crippen LogP contribution in [-0.2, 0) is 50.0 Å². The van der Waals surface area contributed by atoms with Crippen molar-refractivity contribution in [2.24, 2.45) is 0 Å². The molecule has 1 fully saturated rings. The van der Waals surface area contributed by atoms with E-state index in [2.05, 4.69) is 10.3 Å². The molecule has 5 aromatic carbocycles. The summed E-state index contributed by atoms with van der Waals surface area (Å²) < 4.78 is 64.4. The highest BCUT2D eigenvalue weighted by Gasteiger charge is 2.71. The van der Waals surface area contributed by atoms with Crippen LogP contribution in [0.1, 0.15) is 49.2 Å².